The molecule has 0 amide bonds. The van der Waals surface area contributed by atoms with E-state index in [9.17, 15) is 31.1 Å². The smallest absolute Gasteiger partial charge is 0.426 e. The van der Waals surface area contributed by atoms with Crippen LogP contribution in [0.3, 0.4) is 0 Å². The van der Waals surface area contributed by atoms with Crippen LogP contribution in [-0.2, 0) is 27.5 Å². The number of carbonyl (C=O) groups is 1. The van der Waals surface area contributed by atoms with Gasteiger partial charge in [0, 0.05) is 7.11 Å². The Hall–Kier alpha value is -1.94. The van der Waals surface area contributed by atoms with Gasteiger partial charge in [0.1, 0.15) is 11.6 Å². The summed E-state index contributed by atoms with van der Waals surface area (Å²) in [6.45, 7) is 1.61. The van der Waals surface area contributed by atoms with E-state index < -0.39 is 82.0 Å². The molecule has 0 bridgehead atoms. The Bertz CT molecular complexity index is 866. The van der Waals surface area contributed by atoms with Gasteiger partial charge in [-0.15, -0.1) is 0 Å². The fourth-order valence-corrected chi connectivity index (χ4v) is 3.40. The molecule has 0 N–H and O–H groups in total. The molecule has 4 nitrogen and oxygen atoms in total. The van der Waals surface area contributed by atoms with Crippen molar-refractivity contribution in [1.82, 2.24) is 0 Å². The molecule has 1 aromatic rings. The topological polar surface area (TPSA) is 44.8 Å². The lowest BCUT2D eigenvalue weighted by Crippen LogP contribution is -2.14. The molecule has 0 aromatic heterocycles. The highest BCUT2D eigenvalue weighted by Crippen LogP contribution is 2.60. The number of esters is 1. The second kappa shape index (κ2) is 8.66. The van der Waals surface area contributed by atoms with Gasteiger partial charge in [-0.05, 0) is 11.3 Å². The maximum atomic E-state index is 14.4. The minimum atomic E-state index is -4.76. The standard InChI is InChI=1S/C19H19ClF6O4/c1-18(2)10(5-11(20)19(24,25)26)12(18)17(27)30-7-9-14(22)13(21)8(6-28-3)15(23)16(9)29-4/h5,10,12H,6-7H2,1-4H3/t10-,12+/m1/s1. The second-order valence-electron chi connectivity index (χ2n) is 7.31. The number of benzene rings is 1. The van der Waals surface area contributed by atoms with Gasteiger partial charge in [0.25, 0.3) is 0 Å². The van der Waals surface area contributed by atoms with Gasteiger partial charge in [-0.25, -0.2) is 13.2 Å². The zero-order valence-corrected chi connectivity index (χ0v) is 17.2. The lowest BCUT2D eigenvalue weighted by atomic mass is 10.1. The Labute approximate surface area is 173 Å². The lowest BCUT2D eigenvalue weighted by molar-refractivity contribution is -0.147. The van der Waals surface area contributed by atoms with E-state index in [2.05, 4.69) is 4.74 Å². The third-order valence-corrected chi connectivity index (χ3v) is 5.41. The molecule has 0 saturated heterocycles. The van der Waals surface area contributed by atoms with E-state index in [-0.39, 0.29) is 0 Å². The van der Waals surface area contributed by atoms with Gasteiger partial charge in [-0.3, -0.25) is 4.79 Å². The molecular weight excluding hydrogens is 442 g/mol. The molecule has 0 aliphatic heterocycles. The molecule has 0 heterocycles. The molecule has 1 aliphatic carbocycles. The van der Waals surface area contributed by atoms with Crippen LogP contribution < -0.4 is 4.74 Å². The molecule has 30 heavy (non-hydrogen) atoms. The van der Waals surface area contributed by atoms with E-state index in [0.717, 1.165) is 14.2 Å². The summed E-state index contributed by atoms with van der Waals surface area (Å²) in [7, 11) is 2.17. The molecule has 0 unspecified atom stereocenters. The minimum absolute atomic E-state index is 0.560. The van der Waals surface area contributed by atoms with Crippen LogP contribution in [0.5, 0.6) is 5.75 Å². The van der Waals surface area contributed by atoms with Crippen LogP contribution in [0.4, 0.5) is 26.3 Å². The molecule has 0 spiro atoms. The number of ether oxygens (including phenoxy) is 3. The average molecular weight is 461 g/mol. The Morgan fingerprint density at radius 1 is 1.07 bits per heavy atom. The van der Waals surface area contributed by atoms with Crippen molar-refractivity contribution in [2.24, 2.45) is 17.3 Å². The van der Waals surface area contributed by atoms with Crippen LogP contribution in [0.2, 0.25) is 0 Å². The quantitative estimate of drug-likeness (QED) is 0.316. The van der Waals surface area contributed by atoms with Gasteiger partial charge in [0.15, 0.2) is 23.2 Å². The number of methoxy groups -OCH3 is 2. The number of hydrogen-bond donors (Lipinski definition) is 0. The van der Waals surface area contributed by atoms with E-state index in [1.807, 2.05) is 0 Å². The van der Waals surface area contributed by atoms with E-state index in [0.29, 0.717) is 6.08 Å². The first-order valence-electron chi connectivity index (χ1n) is 8.61. The van der Waals surface area contributed by atoms with Crippen LogP contribution in [-0.4, -0.2) is 26.4 Å². The molecule has 2 rings (SSSR count). The number of hydrogen-bond acceptors (Lipinski definition) is 4. The largest absolute Gasteiger partial charge is 0.493 e. The molecule has 1 aromatic carbocycles. The van der Waals surface area contributed by atoms with Crippen LogP contribution in [0, 0.1) is 34.7 Å². The third kappa shape index (κ3) is 4.54. The number of alkyl halides is 3. The Kier molecular flexibility index (Phi) is 7.03. The van der Waals surface area contributed by atoms with Crippen molar-refractivity contribution in [3.63, 3.8) is 0 Å². The van der Waals surface area contributed by atoms with E-state index in [1.165, 1.54) is 13.8 Å². The predicted octanol–water partition coefficient (Wildman–Crippen LogP) is 5.26. The SMILES string of the molecule is COCc1c(F)c(F)c(COC(=O)[C@@H]2[C@@H](C=C(Cl)C(F)(F)F)C2(C)C)c(OC)c1F. The molecule has 168 valence electrons. The van der Waals surface area contributed by atoms with E-state index in [1.54, 1.807) is 0 Å². The fraction of sp³-hybridized carbons (Fsp3) is 0.526. The fourth-order valence-electron chi connectivity index (χ4n) is 3.27. The van der Waals surface area contributed by atoms with Crippen LogP contribution in [0.25, 0.3) is 0 Å². The monoisotopic (exact) mass is 460 g/mol. The summed E-state index contributed by atoms with van der Waals surface area (Å²) in [6.07, 6.45) is -4.04. The third-order valence-electron chi connectivity index (χ3n) is 5.07. The van der Waals surface area contributed by atoms with Gasteiger partial charge < -0.3 is 14.2 Å². The van der Waals surface area contributed by atoms with Crippen molar-refractivity contribution in [2.45, 2.75) is 33.2 Å². The maximum Gasteiger partial charge on any atom is 0.426 e. The van der Waals surface area contributed by atoms with Crippen molar-refractivity contribution in [1.29, 1.82) is 0 Å². The van der Waals surface area contributed by atoms with Crippen molar-refractivity contribution in [3.8, 4) is 5.75 Å². The highest BCUT2D eigenvalue weighted by molar-refractivity contribution is 6.30. The van der Waals surface area contributed by atoms with Crippen molar-refractivity contribution in [3.05, 3.63) is 39.7 Å². The van der Waals surface area contributed by atoms with Crippen molar-refractivity contribution < 1.29 is 45.3 Å². The molecule has 11 heteroatoms. The van der Waals surface area contributed by atoms with Gasteiger partial charge in [-0.2, -0.15) is 13.2 Å². The first-order chi connectivity index (χ1) is 13.8. The maximum absolute atomic E-state index is 14.4. The van der Waals surface area contributed by atoms with Gasteiger partial charge >= 0.3 is 12.1 Å². The van der Waals surface area contributed by atoms with Crippen LogP contribution in [0.15, 0.2) is 11.1 Å². The average Bonchev–Trinajstić information content (AvgIpc) is 3.19. The summed E-state index contributed by atoms with van der Waals surface area (Å²) in [5.74, 6) is -7.72. The Morgan fingerprint density at radius 2 is 1.63 bits per heavy atom. The number of carbonyl (C=O) groups excluding carboxylic acids is 1. The minimum Gasteiger partial charge on any atom is -0.493 e. The summed E-state index contributed by atoms with van der Waals surface area (Å²) >= 11 is 5.22. The zero-order chi connectivity index (χ0) is 23.0. The molecule has 1 saturated carbocycles. The number of allylic oxidation sites excluding steroid dienone is 2. The molecule has 1 aliphatic rings. The normalized spacial score (nSPS) is 20.8. The zero-order valence-electron chi connectivity index (χ0n) is 16.4. The molecule has 0 radical (unpaired) electrons. The van der Waals surface area contributed by atoms with Gasteiger partial charge in [0.05, 0.1) is 30.8 Å². The molecule has 1 fully saturated rings. The van der Waals surface area contributed by atoms with Crippen LogP contribution in [0.1, 0.15) is 25.0 Å². The molecular formula is C19H19ClF6O4. The van der Waals surface area contributed by atoms with Crippen molar-refractivity contribution in [2.75, 3.05) is 14.2 Å². The van der Waals surface area contributed by atoms with Gasteiger partial charge in [-0.1, -0.05) is 31.5 Å². The van der Waals surface area contributed by atoms with Crippen molar-refractivity contribution >= 4 is 17.6 Å². The first kappa shape index (κ1) is 24.3. The van der Waals surface area contributed by atoms with E-state index >= 15 is 0 Å². The Balaban J connectivity index is 2.23. The van der Waals surface area contributed by atoms with Gasteiger partial charge in [0.2, 0.25) is 0 Å². The summed E-state index contributed by atoms with van der Waals surface area (Å²) in [4.78, 5) is 12.3. The number of halogens is 7. The van der Waals surface area contributed by atoms with E-state index in [4.69, 9.17) is 21.1 Å². The lowest BCUT2D eigenvalue weighted by Gasteiger charge is -2.15. The van der Waals surface area contributed by atoms with Crippen LogP contribution >= 0.6 is 11.6 Å². The summed E-state index contributed by atoms with van der Waals surface area (Å²) in [6, 6.07) is 0. The predicted molar refractivity (Wildman–Crippen MR) is 94.1 cm³/mol. The second-order valence-corrected chi connectivity index (χ2v) is 7.72. The highest BCUT2D eigenvalue weighted by Gasteiger charge is 2.62. The summed E-state index contributed by atoms with van der Waals surface area (Å²) in [5, 5.41) is -1.37. The first-order valence-corrected chi connectivity index (χ1v) is 8.99. The molecule has 2 atom stereocenters. The summed E-state index contributed by atoms with van der Waals surface area (Å²) in [5.41, 5.74) is -2.28. The highest BCUT2D eigenvalue weighted by atomic mass is 35.5. The number of rotatable bonds is 7. The summed E-state index contributed by atoms with van der Waals surface area (Å²) < 4.78 is 95.2. The Morgan fingerprint density at radius 3 is 2.13 bits per heavy atom.